The third kappa shape index (κ3) is 4.53. The highest BCUT2D eigenvalue weighted by Crippen LogP contribution is 2.36. The minimum atomic E-state index is -0.411. The van der Waals surface area contributed by atoms with Gasteiger partial charge in [-0.3, -0.25) is 14.4 Å². The largest absolute Gasteiger partial charge is 0.355 e. The highest BCUT2D eigenvalue weighted by Gasteiger charge is 2.17. The van der Waals surface area contributed by atoms with Crippen LogP contribution in [0.25, 0.3) is 32.6 Å². The van der Waals surface area contributed by atoms with Crippen LogP contribution in [0, 0.1) is 3.70 Å². The zero-order valence-electron chi connectivity index (χ0n) is 18.1. The number of pyridine rings is 2. The molecule has 0 unspecified atom stereocenters. The van der Waals surface area contributed by atoms with Crippen LogP contribution in [0.15, 0.2) is 46.8 Å². The molecule has 1 aromatic carbocycles. The Morgan fingerprint density at radius 3 is 2.64 bits per heavy atom. The van der Waals surface area contributed by atoms with Crippen molar-refractivity contribution in [1.82, 2.24) is 19.9 Å². The van der Waals surface area contributed by atoms with Gasteiger partial charge in [-0.15, -0.1) is 11.3 Å². The maximum Gasteiger partial charge on any atom is 0.256 e. The molecule has 4 rings (SSSR count). The van der Waals surface area contributed by atoms with E-state index in [2.05, 4.69) is 43.2 Å². The van der Waals surface area contributed by atoms with Gasteiger partial charge in [0.05, 0.1) is 5.52 Å². The van der Waals surface area contributed by atoms with Crippen molar-refractivity contribution in [3.8, 4) is 21.7 Å². The lowest BCUT2D eigenvalue weighted by atomic mass is 9.99. The smallest absolute Gasteiger partial charge is 0.256 e. The number of carbonyl (C=O) groups excluding carboxylic acids is 2. The van der Waals surface area contributed by atoms with Crippen LogP contribution in [0.4, 0.5) is 5.82 Å². The molecule has 10 heteroatoms. The molecule has 2 amide bonds. The van der Waals surface area contributed by atoms with E-state index >= 15 is 0 Å². The van der Waals surface area contributed by atoms with Crippen molar-refractivity contribution >= 4 is 62.5 Å². The van der Waals surface area contributed by atoms with E-state index in [4.69, 9.17) is 0 Å². The van der Waals surface area contributed by atoms with Crippen LogP contribution >= 0.6 is 33.9 Å². The quantitative estimate of drug-likeness (QED) is 0.350. The van der Waals surface area contributed by atoms with Crippen molar-refractivity contribution in [2.24, 2.45) is 0 Å². The van der Waals surface area contributed by atoms with Crippen molar-refractivity contribution in [2.45, 2.75) is 20.4 Å². The number of halogens is 1. The lowest BCUT2D eigenvalue weighted by Crippen LogP contribution is -2.27. The highest BCUT2D eigenvalue weighted by molar-refractivity contribution is 14.1. The molecule has 3 aromatic heterocycles. The van der Waals surface area contributed by atoms with Crippen LogP contribution < -0.4 is 16.1 Å². The molecular formula is C23H20IN5O3S. The second kappa shape index (κ2) is 9.40. The number of rotatable bonds is 5. The standard InChI is InChI=1S/C23H20IN5O3S/c1-4-29-10-17(22(32)25-3)21(31)14-6-5-13(7-18(14)29)16-9-26-20(27-12(2)30)8-15(16)23-28-19(24)11-33-23/h5-11H,4H2,1-3H3,(H,25,32)(H,26,27,30). The van der Waals surface area contributed by atoms with Gasteiger partial charge in [0.1, 0.15) is 20.1 Å². The molecule has 4 aromatic rings. The van der Waals surface area contributed by atoms with Gasteiger partial charge in [0.15, 0.2) is 0 Å². The molecule has 0 bridgehead atoms. The number of nitrogens with one attached hydrogen (secondary N) is 2. The number of fused-ring (bicyclic) bond motifs is 1. The van der Waals surface area contributed by atoms with Crippen LogP contribution in [0.5, 0.6) is 0 Å². The fourth-order valence-electron chi connectivity index (χ4n) is 3.60. The monoisotopic (exact) mass is 573 g/mol. The lowest BCUT2D eigenvalue weighted by molar-refractivity contribution is -0.114. The van der Waals surface area contributed by atoms with E-state index in [0.29, 0.717) is 17.7 Å². The number of thiazole rings is 1. The second-order valence-electron chi connectivity index (χ2n) is 7.24. The Morgan fingerprint density at radius 1 is 1.21 bits per heavy atom. The molecule has 0 aliphatic heterocycles. The summed E-state index contributed by atoms with van der Waals surface area (Å²) < 4.78 is 2.76. The molecule has 0 saturated heterocycles. The molecule has 0 aliphatic rings. The Balaban J connectivity index is 1.94. The number of benzene rings is 1. The Labute approximate surface area is 207 Å². The van der Waals surface area contributed by atoms with Gasteiger partial charge >= 0.3 is 0 Å². The number of amides is 2. The molecule has 0 fully saturated rings. The fraction of sp³-hybridized carbons (Fsp3) is 0.174. The number of anilines is 1. The first-order chi connectivity index (χ1) is 15.8. The van der Waals surface area contributed by atoms with Crippen LogP contribution in [-0.4, -0.2) is 33.4 Å². The maximum atomic E-state index is 12.9. The topological polar surface area (TPSA) is 106 Å². The molecule has 0 aliphatic carbocycles. The van der Waals surface area contributed by atoms with Gasteiger partial charge in [0, 0.05) is 54.8 Å². The summed E-state index contributed by atoms with van der Waals surface area (Å²) in [6.45, 7) is 3.97. The summed E-state index contributed by atoms with van der Waals surface area (Å²) in [5.74, 6) is -0.181. The summed E-state index contributed by atoms with van der Waals surface area (Å²) in [6.07, 6.45) is 3.29. The number of nitrogens with zero attached hydrogens (tertiary/aromatic N) is 3. The SMILES string of the molecule is CCn1cc(C(=O)NC)c(=O)c2ccc(-c3cnc(NC(C)=O)cc3-c3nc(I)cs3)cc21. The van der Waals surface area contributed by atoms with Crippen molar-refractivity contribution < 1.29 is 9.59 Å². The van der Waals surface area contributed by atoms with Crippen LogP contribution in [-0.2, 0) is 11.3 Å². The van der Waals surface area contributed by atoms with Gasteiger partial charge < -0.3 is 15.2 Å². The molecule has 0 saturated carbocycles. The normalized spacial score (nSPS) is 10.9. The van der Waals surface area contributed by atoms with Crippen molar-refractivity contribution in [3.63, 3.8) is 0 Å². The number of hydrogen-bond acceptors (Lipinski definition) is 6. The third-order valence-electron chi connectivity index (χ3n) is 5.12. The first-order valence-corrected chi connectivity index (χ1v) is 12.1. The number of aromatic nitrogens is 3. The molecule has 2 N–H and O–H groups in total. The van der Waals surface area contributed by atoms with Gasteiger partial charge in [-0.2, -0.15) is 0 Å². The van der Waals surface area contributed by atoms with E-state index in [-0.39, 0.29) is 16.9 Å². The average Bonchev–Trinajstić information content (AvgIpc) is 3.24. The summed E-state index contributed by atoms with van der Waals surface area (Å²) in [5, 5.41) is 8.46. The summed E-state index contributed by atoms with van der Waals surface area (Å²) in [5.41, 5.74) is 3.01. The Kier molecular flexibility index (Phi) is 6.56. The Morgan fingerprint density at radius 2 is 2.00 bits per heavy atom. The van der Waals surface area contributed by atoms with Gasteiger partial charge in [-0.05, 0) is 53.3 Å². The predicted molar refractivity (Wildman–Crippen MR) is 139 cm³/mol. The highest BCUT2D eigenvalue weighted by atomic mass is 127. The van der Waals surface area contributed by atoms with E-state index in [1.165, 1.54) is 25.3 Å². The molecule has 0 atom stereocenters. The minimum Gasteiger partial charge on any atom is -0.355 e. The third-order valence-corrected chi connectivity index (χ3v) is 6.97. The van der Waals surface area contributed by atoms with Crippen molar-refractivity contribution in [2.75, 3.05) is 12.4 Å². The number of hydrogen-bond donors (Lipinski definition) is 2. The number of aryl methyl sites for hydroxylation is 1. The molecule has 8 nitrogen and oxygen atoms in total. The molecule has 3 heterocycles. The number of carbonyl (C=O) groups is 2. The molecule has 168 valence electrons. The Bertz CT molecular complexity index is 1460. The van der Waals surface area contributed by atoms with Crippen LogP contribution in [0.2, 0.25) is 0 Å². The summed E-state index contributed by atoms with van der Waals surface area (Å²) in [4.78, 5) is 45.7. The van der Waals surface area contributed by atoms with Gasteiger partial charge in [-0.1, -0.05) is 6.07 Å². The van der Waals surface area contributed by atoms with E-state index in [1.54, 1.807) is 24.5 Å². The second-order valence-corrected chi connectivity index (χ2v) is 9.20. The first-order valence-electron chi connectivity index (χ1n) is 10.1. The predicted octanol–water partition coefficient (Wildman–Crippen LogP) is 4.13. The van der Waals surface area contributed by atoms with Gasteiger partial charge in [-0.25, -0.2) is 9.97 Å². The molecular weight excluding hydrogens is 553 g/mol. The molecule has 0 radical (unpaired) electrons. The summed E-state index contributed by atoms with van der Waals surface area (Å²) in [6, 6.07) is 7.31. The van der Waals surface area contributed by atoms with E-state index in [1.807, 2.05) is 29.0 Å². The zero-order chi connectivity index (χ0) is 23.7. The molecule has 33 heavy (non-hydrogen) atoms. The Hall–Kier alpha value is -3.12. The fourth-order valence-corrected chi connectivity index (χ4v) is 5.10. The van der Waals surface area contributed by atoms with Crippen molar-refractivity contribution in [1.29, 1.82) is 0 Å². The van der Waals surface area contributed by atoms with E-state index in [0.717, 1.165) is 30.9 Å². The minimum absolute atomic E-state index is 0.110. The maximum absolute atomic E-state index is 12.9. The first kappa shape index (κ1) is 23.1. The average molecular weight is 573 g/mol. The van der Waals surface area contributed by atoms with E-state index in [9.17, 15) is 14.4 Å². The molecule has 0 spiro atoms. The zero-order valence-corrected chi connectivity index (χ0v) is 21.1. The summed E-state index contributed by atoms with van der Waals surface area (Å²) in [7, 11) is 1.50. The lowest BCUT2D eigenvalue weighted by Gasteiger charge is -2.14. The van der Waals surface area contributed by atoms with Crippen molar-refractivity contribution in [3.05, 3.63) is 61.5 Å². The van der Waals surface area contributed by atoms with Gasteiger partial charge in [0.2, 0.25) is 11.3 Å². The summed E-state index contributed by atoms with van der Waals surface area (Å²) >= 11 is 3.66. The van der Waals surface area contributed by atoms with E-state index < -0.39 is 5.91 Å². The van der Waals surface area contributed by atoms with Crippen LogP contribution in [0.1, 0.15) is 24.2 Å². The van der Waals surface area contributed by atoms with Crippen LogP contribution in [0.3, 0.4) is 0 Å². The van der Waals surface area contributed by atoms with Gasteiger partial charge in [0.25, 0.3) is 5.91 Å².